The summed E-state index contributed by atoms with van der Waals surface area (Å²) in [6.07, 6.45) is 1.46. The predicted octanol–water partition coefficient (Wildman–Crippen LogP) is 1.64. The highest BCUT2D eigenvalue weighted by Gasteiger charge is 2.30. The fraction of sp³-hybridized carbons (Fsp3) is 0.500. The van der Waals surface area contributed by atoms with Crippen LogP contribution >= 0.6 is 0 Å². The Hall–Kier alpha value is -2.21. The van der Waals surface area contributed by atoms with Crippen molar-refractivity contribution in [3.63, 3.8) is 0 Å². The first-order chi connectivity index (χ1) is 11.6. The van der Waals surface area contributed by atoms with E-state index in [0.717, 1.165) is 17.5 Å². The molecule has 1 aromatic carbocycles. The molecule has 6 heteroatoms. The number of aromatic nitrogens is 2. The number of ether oxygens (including phenoxy) is 1. The molecule has 0 radical (unpaired) electrons. The van der Waals surface area contributed by atoms with Crippen LogP contribution in [0.5, 0.6) is 0 Å². The summed E-state index contributed by atoms with van der Waals surface area (Å²) < 4.78 is 7.17. The summed E-state index contributed by atoms with van der Waals surface area (Å²) in [6.45, 7) is 5.41. The molecule has 2 aromatic rings. The van der Waals surface area contributed by atoms with Gasteiger partial charge in [-0.1, -0.05) is 12.1 Å². The minimum atomic E-state index is -0.0714. The fourth-order valence-electron chi connectivity index (χ4n) is 3.20. The number of benzene rings is 1. The van der Waals surface area contributed by atoms with Gasteiger partial charge in [0.1, 0.15) is 5.69 Å². The van der Waals surface area contributed by atoms with Crippen molar-refractivity contribution in [3.8, 4) is 0 Å². The van der Waals surface area contributed by atoms with E-state index < -0.39 is 0 Å². The molecule has 1 aliphatic rings. The maximum Gasteiger partial charge on any atom is 0.272 e. The van der Waals surface area contributed by atoms with E-state index >= 15 is 0 Å². The van der Waals surface area contributed by atoms with Crippen molar-refractivity contribution in [1.29, 1.82) is 0 Å². The lowest BCUT2D eigenvalue weighted by Gasteiger charge is -2.15. The molecule has 1 saturated heterocycles. The normalized spacial score (nSPS) is 20.4. The Morgan fingerprint density at radius 3 is 2.96 bits per heavy atom. The second-order valence-electron chi connectivity index (χ2n) is 6.26. The van der Waals surface area contributed by atoms with E-state index in [9.17, 15) is 9.59 Å². The van der Waals surface area contributed by atoms with Gasteiger partial charge in [0.2, 0.25) is 5.91 Å². The lowest BCUT2D eigenvalue weighted by atomic mass is 10.0. The summed E-state index contributed by atoms with van der Waals surface area (Å²) in [5.74, 6) is -0.0140. The molecule has 0 spiro atoms. The number of fused-ring (bicyclic) bond motifs is 1. The average Bonchev–Trinajstić information content (AvgIpc) is 3.00. The first-order valence-electron chi connectivity index (χ1n) is 8.43. The number of carbonyl (C=O) groups excluding carboxylic acids is 1. The maximum atomic E-state index is 12.4. The third-order valence-electron chi connectivity index (χ3n) is 4.59. The zero-order chi connectivity index (χ0) is 17.1. The van der Waals surface area contributed by atoms with Crippen molar-refractivity contribution in [2.45, 2.75) is 39.3 Å². The fourth-order valence-corrected chi connectivity index (χ4v) is 3.20. The molecule has 2 atom stereocenters. The summed E-state index contributed by atoms with van der Waals surface area (Å²) in [7, 11) is 0. The molecule has 6 nitrogen and oxygen atoms in total. The van der Waals surface area contributed by atoms with Gasteiger partial charge >= 0.3 is 0 Å². The number of hydrogen-bond acceptors (Lipinski definition) is 4. The van der Waals surface area contributed by atoms with Crippen LogP contribution in [0.4, 0.5) is 0 Å². The summed E-state index contributed by atoms with van der Waals surface area (Å²) in [4.78, 5) is 28.8. The van der Waals surface area contributed by atoms with Crippen molar-refractivity contribution in [2.75, 3.05) is 13.2 Å². The largest absolute Gasteiger partial charge is 0.378 e. The zero-order valence-electron chi connectivity index (χ0n) is 14.1. The van der Waals surface area contributed by atoms with E-state index in [4.69, 9.17) is 4.74 Å². The molecule has 24 heavy (non-hydrogen) atoms. The van der Waals surface area contributed by atoms with Crippen molar-refractivity contribution in [1.82, 2.24) is 14.9 Å². The van der Waals surface area contributed by atoms with Gasteiger partial charge in [-0.3, -0.25) is 9.59 Å². The van der Waals surface area contributed by atoms with E-state index in [1.54, 1.807) is 11.5 Å². The minimum absolute atomic E-state index is 0.0144. The van der Waals surface area contributed by atoms with Gasteiger partial charge in [0.25, 0.3) is 5.56 Å². The second kappa shape index (κ2) is 7.13. The van der Waals surface area contributed by atoms with Crippen LogP contribution in [0.3, 0.4) is 0 Å². The number of hydrogen-bond donors (Lipinski definition) is 1. The quantitative estimate of drug-likeness (QED) is 0.846. The van der Waals surface area contributed by atoms with Gasteiger partial charge in [0.05, 0.1) is 23.1 Å². The molecule has 3 rings (SSSR count). The van der Waals surface area contributed by atoms with Gasteiger partial charge in [0, 0.05) is 19.7 Å². The molecule has 0 bridgehead atoms. The van der Waals surface area contributed by atoms with Gasteiger partial charge in [-0.15, -0.1) is 0 Å². The van der Waals surface area contributed by atoms with E-state index in [1.807, 2.05) is 31.2 Å². The SMILES string of the molecule is Cc1nc2ccccc2n(CCCNC(=O)[C@@H]2CCO[C@@H]2C)c1=O. The molecular formula is C18H23N3O3. The molecule has 128 valence electrons. The van der Waals surface area contributed by atoms with Crippen molar-refractivity contribution in [3.05, 3.63) is 40.3 Å². The number of nitrogens with zero attached hydrogens (tertiary/aromatic N) is 2. The smallest absolute Gasteiger partial charge is 0.272 e. The topological polar surface area (TPSA) is 73.2 Å². The number of nitrogens with one attached hydrogen (secondary N) is 1. The van der Waals surface area contributed by atoms with Gasteiger partial charge in [-0.05, 0) is 38.8 Å². The van der Waals surface area contributed by atoms with Crippen molar-refractivity contribution >= 4 is 16.9 Å². The van der Waals surface area contributed by atoms with Crippen molar-refractivity contribution in [2.24, 2.45) is 5.92 Å². The third-order valence-corrected chi connectivity index (χ3v) is 4.59. The predicted molar refractivity (Wildman–Crippen MR) is 91.9 cm³/mol. The number of carbonyl (C=O) groups is 1. The van der Waals surface area contributed by atoms with Crippen LogP contribution in [-0.4, -0.2) is 34.7 Å². The first kappa shape index (κ1) is 16.6. The van der Waals surface area contributed by atoms with Crippen molar-refractivity contribution < 1.29 is 9.53 Å². The number of aryl methyl sites for hydroxylation is 2. The van der Waals surface area contributed by atoms with Crippen LogP contribution in [-0.2, 0) is 16.1 Å². The Labute approximate surface area is 140 Å². The zero-order valence-corrected chi connectivity index (χ0v) is 14.1. The molecule has 1 aliphatic heterocycles. The summed E-state index contributed by atoms with van der Waals surface area (Å²) >= 11 is 0. The molecule has 0 aliphatic carbocycles. The molecule has 1 aromatic heterocycles. The highest BCUT2D eigenvalue weighted by molar-refractivity contribution is 5.79. The summed E-state index contributed by atoms with van der Waals surface area (Å²) in [5, 5.41) is 2.96. The first-order valence-corrected chi connectivity index (χ1v) is 8.43. The van der Waals surface area contributed by atoms with Crippen LogP contribution < -0.4 is 10.9 Å². The maximum absolute atomic E-state index is 12.4. The lowest BCUT2D eigenvalue weighted by molar-refractivity contribution is -0.126. The Bertz CT molecular complexity index is 800. The Morgan fingerprint density at radius 2 is 2.21 bits per heavy atom. The van der Waals surface area contributed by atoms with Gasteiger partial charge < -0.3 is 14.6 Å². The Morgan fingerprint density at radius 1 is 1.42 bits per heavy atom. The van der Waals surface area contributed by atoms with Crippen LogP contribution in [0.1, 0.15) is 25.5 Å². The second-order valence-corrected chi connectivity index (χ2v) is 6.26. The Kier molecular flexibility index (Phi) is 4.94. The molecule has 1 fully saturated rings. The van der Waals surface area contributed by atoms with Crippen LogP contribution in [0.15, 0.2) is 29.1 Å². The highest BCUT2D eigenvalue weighted by atomic mass is 16.5. The molecule has 0 unspecified atom stereocenters. The average molecular weight is 329 g/mol. The summed E-state index contributed by atoms with van der Waals surface area (Å²) in [5.41, 5.74) is 2.07. The number of amides is 1. The summed E-state index contributed by atoms with van der Waals surface area (Å²) in [6, 6.07) is 7.62. The molecule has 1 amide bonds. The molecule has 1 N–H and O–H groups in total. The van der Waals surface area contributed by atoms with E-state index in [2.05, 4.69) is 10.3 Å². The van der Waals surface area contributed by atoms with E-state index in [-0.39, 0.29) is 23.5 Å². The third kappa shape index (κ3) is 3.33. The Balaban J connectivity index is 1.63. The molecule has 2 heterocycles. The molecule has 0 saturated carbocycles. The van der Waals surface area contributed by atoms with Gasteiger partial charge in [-0.25, -0.2) is 4.98 Å². The lowest BCUT2D eigenvalue weighted by Crippen LogP contribution is -2.35. The highest BCUT2D eigenvalue weighted by Crippen LogP contribution is 2.20. The van der Waals surface area contributed by atoms with Gasteiger partial charge in [0.15, 0.2) is 0 Å². The molecular weight excluding hydrogens is 306 g/mol. The number of para-hydroxylation sites is 2. The van der Waals surface area contributed by atoms with Gasteiger partial charge in [-0.2, -0.15) is 0 Å². The minimum Gasteiger partial charge on any atom is -0.378 e. The van der Waals surface area contributed by atoms with Crippen LogP contribution in [0.2, 0.25) is 0 Å². The monoisotopic (exact) mass is 329 g/mol. The standard InChI is InChI=1S/C18H23N3O3/c1-12-18(23)21(16-7-4-3-6-15(16)20-12)10-5-9-19-17(22)14-8-11-24-13(14)2/h3-4,6-7,13-14H,5,8-11H2,1-2H3,(H,19,22)/t13-,14-/m1/s1. The van der Waals surface area contributed by atoms with Crippen LogP contribution in [0, 0.1) is 12.8 Å². The number of rotatable bonds is 5. The van der Waals surface area contributed by atoms with Crippen LogP contribution in [0.25, 0.3) is 11.0 Å². The van der Waals surface area contributed by atoms with E-state index in [1.165, 1.54) is 0 Å². The van der Waals surface area contributed by atoms with E-state index in [0.29, 0.717) is 31.8 Å².